The molecule has 6 nitrogen and oxygen atoms in total. The lowest BCUT2D eigenvalue weighted by Crippen LogP contribution is -2.39. The summed E-state index contributed by atoms with van der Waals surface area (Å²) in [4.78, 5) is 14.0. The minimum atomic E-state index is -3.84. The lowest BCUT2D eigenvalue weighted by molar-refractivity contribution is -0.120. The van der Waals surface area contributed by atoms with Gasteiger partial charge in [0, 0.05) is 12.2 Å². The monoisotopic (exact) mass is 365 g/mol. The number of amides is 1. The van der Waals surface area contributed by atoms with Crippen LogP contribution in [0.15, 0.2) is 53.4 Å². The van der Waals surface area contributed by atoms with Crippen molar-refractivity contribution in [3.63, 3.8) is 0 Å². The molecule has 0 saturated carbocycles. The van der Waals surface area contributed by atoms with Crippen molar-refractivity contribution in [2.45, 2.75) is 24.4 Å². The molecule has 3 N–H and O–H groups in total. The maximum Gasteiger partial charge on any atom is 0.241 e. The molecule has 0 spiro atoms. The summed E-state index contributed by atoms with van der Waals surface area (Å²) < 4.78 is 36.0. The molecule has 8 heteroatoms. The second-order valence-corrected chi connectivity index (χ2v) is 7.34. The van der Waals surface area contributed by atoms with Crippen molar-refractivity contribution in [2.24, 2.45) is 5.14 Å². The molecule has 0 aromatic heterocycles. The van der Waals surface area contributed by atoms with Gasteiger partial charge in [-0.2, -0.15) is 0 Å². The summed E-state index contributed by atoms with van der Waals surface area (Å²) in [7, 11) is -2.09. The van der Waals surface area contributed by atoms with E-state index in [0.29, 0.717) is 12.2 Å². The van der Waals surface area contributed by atoms with Gasteiger partial charge in [-0.1, -0.05) is 18.2 Å². The molecule has 0 radical (unpaired) electrons. The zero-order valence-electron chi connectivity index (χ0n) is 13.9. The average molecular weight is 365 g/mol. The number of carbonyl (C=O) groups is 1. The predicted molar refractivity (Wildman–Crippen MR) is 93.8 cm³/mol. The van der Waals surface area contributed by atoms with E-state index in [1.165, 1.54) is 30.3 Å². The van der Waals surface area contributed by atoms with Crippen LogP contribution in [0.4, 0.5) is 10.1 Å². The highest BCUT2D eigenvalue weighted by Gasteiger charge is 2.19. The standard InChI is InChI=1S/C17H20FN3O3S/c1-12(21(2)11-13-5-3-6-14(18)9-13)17(22)20-15-7-4-8-16(10-15)25(19,23)24/h3-10,12H,11H2,1-2H3,(H,20,22)(H2,19,23,24)/t12-/m0/s1. The molecule has 2 rings (SSSR count). The average Bonchev–Trinajstić information content (AvgIpc) is 2.53. The van der Waals surface area contributed by atoms with E-state index in [0.717, 1.165) is 5.56 Å². The van der Waals surface area contributed by atoms with Crippen molar-refractivity contribution in [1.29, 1.82) is 0 Å². The van der Waals surface area contributed by atoms with Crippen molar-refractivity contribution in [3.05, 3.63) is 59.9 Å². The van der Waals surface area contributed by atoms with Crippen LogP contribution in [0, 0.1) is 5.82 Å². The van der Waals surface area contributed by atoms with Gasteiger partial charge in [-0.25, -0.2) is 17.9 Å². The smallest absolute Gasteiger partial charge is 0.241 e. The van der Waals surface area contributed by atoms with Crippen LogP contribution in [0.1, 0.15) is 12.5 Å². The highest BCUT2D eigenvalue weighted by molar-refractivity contribution is 7.89. The van der Waals surface area contributed by atoms with Crippen LogP contribution in [0.5, 0.6) is 0 Å². The number of nitrogens with zero attached hydrogens (tertiary/aromatic N) is 1. The van der Waals surface area contributed by atoms with E-state index in [4.69, 9.17) is 5.14 Å². The molecule has 25 heavy (non-hydrogen) atoms. The van der Waals surface area contributed by atoms with Crippen LogP contribution < -0.4 is 10.5 Å². The number of anilines is 1. The van der Waals surface area contributed by atoms with Crippen LogP contribution >= 0.6 is 0 Å². The summed E-state index contributed by atoms with van der Waals surface area (Å²) in [5, 5.41) is 7.74. The number of carbonyl (C=O) groups excluding carboxylic acids is 1. The molecule has 2 aromatic rings. The Bertz CT molecular complexity index is 871. The highest BCUT2D eigenvalue weighted by atomic mass is 32.2. The Morgan fingerprint density at radius 2 is 1.92 bits per heavy atom. The summed E-state index contributed by atoms with van der Waals surface area (Å²) in [6, 6.07) is 11.4. The highest BCUT2D eigenvalue weighted by Crippen LogP contribution is 2.15. The molecule has 0 aliphatic rings. The molecule has 0 heterocycles. The van der Waals surface area contributed by atoms with Gasteiger partial charge in [0.1, 0.15) is 5.82 Å². The molecule has 1 atom stereocenters. The SMILES string of the molecule is C[C@@H](C(=O)Nc1cccc(S(N)(=O)=O)c1)N(C)Cc1cccc(F)c1. The molecular weight excluding hydrogens is 345 g/mol. The second-order valence-electron chi connectivity index (χ2n) is 5.78. The molecule has 2 aromatic carbocycles. The number of sulfonamides is 1. The Morgan fingerprint density at radius 3 is 2.56 bits per heavy atom. The quantitative estimate of drug-likeness (QED) is 0.818. The molecular formula is C17H20FN3O3S. The minimum Gasteiger partial charge on any atom is -0.325 e. The van der Waals surface area contributed by atoms with Crippen LogP contribution in [0.3, 0.4) is 0 Å². The number of benzene rings is 2. The van der Waals surface area contributed by atoms with Crippen LogP contribution in [-0.4, -0.2) is 32.3 Å². The normalized spacial score (nSPS) is 12.8. The van der Waals surface area contributed by atoms with E-state index in [2.05, 4.69) is 5.32 Å². The number of hydrogen-bond acceptors (Lipinski definition) is 4. The van der Waals surface area contributed by atoms with Gasteiger partial charge >= 0.3 is 0 Å². The van der Waals surface area contributed by atoms with Crippen molar-refractivity contribution in [2.75, 3.05) is 12.4 Å². The van der Waals surface area contributed by atoms with E-state index < -0.39 is 16.1 Å². The zero-order chi connectivity index (χ0) is 18.6. The molecule has 0 fully saturated rings. The predicted octanol–water partition coefficient (Wildman–Crippen LogP) is 1.93. The lowest BCUT2D eigenvalue weighted by Gasteiger charge is -2.24. The first-order valence-electron chi connectivity index (χ1n) is 7.55. The first kappa shape index (κ1) is 19.0. The number of likely N-dealkylation sites (N-methyl/N-ethyl adjacent to an activating group) is 1. The van der Waals surface area contributed by atoms with E-state index in [9.17, 15) is 17.6 Å². The largest absolute Gasteiger partial charge is 0.325 e. The number of rotatable bonds is 6. The van der Waals surface area contributed by atoms with Crippen LogP contribution in [0.2, 0.25) is 0 Å². The van der Waals surface area contributed by atoms with Gasteiger partial charge in [0.2, 0.25) is 15.9 Å². The third kappa shape index (κ3) is 5.35. The Hall–Kier alpha value is -2.29. The van der Waals surface area contributed by atoms with Gasteiger partial charge in [0.15, 0.2) is 0 Å². The van der Waals surface area contributed by atoms with Crippen LogP contribution in [-0.2, 0) is 21.4 Å². The fraction of sp³-hybridized carbons (Fsp3) is 0.235. The fourth-order valence-corrected chi connectivity index (χ4v) is 2.82. The maximum atomic E-state index is 13.2. The number of nitrogens with one attached hydrogen (secondary N) is 1. The summed E-state index contributed by atoms with van der Waals surface area (Å²) in [5.74, 6) is -0.645. The van der Waals surface area contributed by atoms with Crippen LogP contribution in [0.25, 0.3) is 0 Å². The van der Waals surface area contributed by atoms with Gasteiger partial charge in [-0.05, 0) is 49.9 Å². The van der Waals surface area contributed by atoms with Crippen molar-refractivity contribution < 1.29 is 17.6 Å². The molecule has 0 saturated heterocycles. The Kier molecular flexibility index (Phi) is 5.89. The van der Waals surface area contributed by atoms with E-state index in [1.807, 2.05) is 0 Å². The molecule has 134 valence electrons. The number of hydrogen-bond donors (Lipinski definition) is 2. The van der Waals surface area contributed by atoms with Gasteiger partial charge < -0.3 is 5.32 Å². The summed E-state index contributed by atoms with van der Waals surface area (Å²) in [6.07, 6.45) is 0. The molecule has 0 unspecified atom stereocenters. The zero-order valence-corrected chi connectivity index (χ0v) is 14.8. The molecule has 0 aliphatic carbocycles. The van der Waals surface area contributed by atoms with Crippen molar-refractivity contribution >= 4 is 21.6 Å². The van der Waals surface area contributed by atoms with Gasteiger partial charge in [-0.15, -0.1) is 0 Å². The van der Waals surface area contributed by atoms with E-state index >= 15 is 0 Å². The topological polar surface area (TPSA) is 92.5 Å². The van der Waals surface area contributed by atoms with E-state index in [1.54, 1.807) is 37.1 Å². The second kappa shape index (κ2) is 7.73. The lowest BCUT2D eigenvalue weighted by atomic mass is 10.2. The molecule has 0 aliphatic heterocycles. The Labute approximate surface area is 146 Å². The van der Waals surface area contributed by atoms with Crippen molar-refractivity contribution in [1.82, 2.24) is 4.90 Å². The fourth-order valence-electron chi connectivity index (χ4n) is 2.26. The maximum absolute atomic E-state index is 13.2. The summed E-state index contributed by atoms with van der Waals surface area (Å²) >= 11 is 0. The summed E-state index contributed by atoms with van der Waals surface area (Å²) in [5.41, 5.74) is 1.08. The molecule has 0 bridgehead atoms. The first-order valence-corrected chi connectivity index (χ1v) is 9.10. The van der Waals surface area contributed by atoms with Gasteiger partial charge in [0.05, 0.1) is 10.9 Å². The number of primary sulfonamides is 1. The van der Waals surface area contributed by atoms with E-state index in [-0.39, 0.29) is 16.6 Å². The minimum absolute atomic E-state index is 0.0777. The van der Waals surface area contributed by atoms with Gasteiger partial charge in [0.25, 0.3) is 0 Å². The number of halogens is 1. The Balaban J connectivity index is 2.05. The third-order valence-corrected chi connectivity index (χ3v) is 4.70. The first-order chi connectivity index (χ1) is 11.7. The van der Waals surface area contributed by atoms with Crippen molar-refractivity contribution in [3.8, 4) is 0 Å². The Morgan fingerprint density at radius 1 is 1.24 bits per heavy atom. The number of nitrogens with two attached hydrogens (primary N) is 1. The molecule has 1 amide bonds. The third-order valence-electron chi connectivity index (χ3n) is 3.79. The summed E-state index contributed by atoms with van der Waals surface area (Å²) in [6.45, 7) is 2.10. The van der Waals surface area contributed by atoms with Gasteiger partial charge in [-0.3, -0.25) is 9.69 Å².